The van der Waals surface area contributed by atoms with Crippen molar-refractivity contribution in [3.8, 4) is 0 Å². The second-order valence-electron chi connectivity index (χ2n) is 8.31. The molecule has 0 fully saturated rings. The van der Waals surface area contributed by atoms with Gasteiger partial charge in [-0.05, 0) is 57.0 Å². The maximum absolute atomic E-state index is 11.8. The van der Waals surface area contributed by atoms with E-state index < -0.39 is 11.7 Å². The lowest BCUT2D eigenvalue weighted by molar-refractivity contribution is 0.0636. The molecule has 8 nitrogen and oxygen atoms in total. The van der Waals surface area contributed by atoms with Gasteiger partial charge in [0.2, 0.25) is 0 Å². The van der Waals surface area contributed by atoms with E-state index in [9.17, 15) is 4.79 Å². The molecule has 0 bridgehead atoms. The van der Waals surface area contributed by atoms with Gasteiger partial charge in [-0.25, -0.2) is 9.78 Å². The molecule has 1 amide bonds. The van der Waals surface area contributed by atoms with Gasteiger partial charge in [0.25, 0.3) is 0 Å². The number of carbonyl (C=O) groups is 1. The molecule has 2 rings (SSSR count). The highest BCUT2D eigenvalue weighted by Gasteiger charge is 2.16. The van der Waals surface area contributed by atoms with Crippen LogP contribution in [0.4, 0.5) is 16.3 Å². The second-order valence-corrected chi connectivity index (χ2v) is 8.31. The molecule has 3 N–H and O–H groups in total. The Balaban J connectivity index is 0.00000512. The van der Waals surface area contributed by atoms with Crippen molar-refractivity contribution in [2.75, 3.05) is 37.9 Å². The fourth-order valence-corrected chi connectivity index (χ4v) is 2.71. The number of carbonyl (C=O) groups excluding carboxylic acids is 1. The van der Waals surface area contributed by atoms with Crippen LogP contribution in [0.15, 0.2) is 47.5 Å². The molecule has 0 saturated carbocycles. The fourth-order valence-electron chi connectivity index (χ4n) is 2.71. The summed E-state index contributed by atoms with van der Waals surface area (Å²) in [6.45, 7) is 6.82. The molecule has 1 aromatic heterocycles. The van der Waals surface area contributed by atoms with Crippen molar-refractivity contribution >= 4 is 47.5 Å². The highest BCUT2D eigenvalue weighted by atomic mass is 127. The van der Waals surface area contributed by atoms with E-state index in [-0.39, 0.29) is 24.0 Å². The molecule has 0 atom stereocenters. The van der Waals surface area contributed by atoms with Crippen molar-refractivity contribution < 1.29 is 9.53 Å². The van der Waals surface area contributed by atoms with Gasteiger partial charge in [-0.2, -0.15) is 0 Å². The van der Waals surface area contributed by atoms with Crippen molar-refractivity contribution in [2.45, 2.75) is 39.3 Å². The average Bonchev–Trinajstić information content (AvgIpc) is 2.70. The van der Waals surface area contributed by atoms with Gasteiger partial charge < -0.3 is 20.3 Å². The number of guanidine groups is 1. The number of amides is 1. The van der Waals surface area contributed by atoms with Crippen LogP contribution >= 0.6 is 24.0 Å². The number of hydrogen-bond donors (Lipinski definition) is 3. The van der Waals surface area contributed by atoms with E-state index in [1.807, 2.05) is 82.2 Å². The molecule has 0 spiro atoms. The lowest BCUT2D eigenvalue weighted by Crippen LogP contribution is -2.38. The minimum atomic E-state index is -0.520. The van der Waals surface area contributed by atoms with Gasteiger partial charge in [0, 0.05) is 33.4 Å². The number of ether oxygens (including phenoxy) is 1. The van der Waals surface area contributed by atoms with Crippen molar-refractivity contribution in [1.82, 2.24) is 15.6 Å². The minimum absolute atomic E-state index is 0. The van der Waals surface area contributed by atoms with Crippen molar-refractivity contribution in [3.05, 3.63) is 53.7 Å². The molecule has 0 saturated heterocycles. The number of anilines is 2. The Morgan fingerprint density at radius 1 is 1.09 bits per heavy atom. The van der Waals surface area contributed by atoms with E-state index in [1.54, 1.807) is 7.05 Å². The maximum atomic E-state index is 11.8. The SMILES string of the molecule is CN=C(NCCc1ccc(NC(=O)OC(C)(C)C)cc1)NCc1cccc(N(C)C)n1.I. The average molecular weight is 554 g/mol. The van der Waals surface area contributed by atoms with Gasteiger partial charge in [0.15, 0.2) is 5.96 Å². The first-order valence-corrected chi connectivity index (χ1v) is 10.3. The molecule has 0 aliphatic heterocycles. The van der Waals surface area contributed by atoms with Gasteiger partial charge in [0.1, 0.15) is 11.4 Å². The first-order chi connectivity index (χ1) is 14.7. The predicted molar refractivity (Wildman–Crippen MR) is 142 cm³/mol. The first kappa shape index (κ1) is 27.5. The first-order valence-electron chi connectivity index (χ1n) is 10.3. The van der Waals surface area contributed by atoms with Crippen molar-refractivity contribution in [1.29, 1.82) is 0 Å². The number of nitrogens with zero attached hydrogens (tertiary/aromatic N) is 3. The van der Waals surface area contributed by atoms with Gasteiger partial charge >= 0.3 is 6.09 Å². The highest BCUT2D eigenvalue weighted by molar-refractivity contribution is 14.0. The van der Waals surface area contributed by atoms with Crippen molar-refractivity contribution in [2.24, 2.45) is 4.99 Å². The highest BCUT2D eigenvalue weighted by Crippen LogP contribution is 2.13. The Hall–Kier alpha value is -2.56. The Morgan fingerprint density at radius 2 is 1.78 bits per heavy atom. The second kappa shape index (κ2) is 13.1. The standard InChI is InChI=1S/C23H34N6O2.HI/c1-23(2,3)31-22(30)28-18-12-10-17(11-13-18)14-15-25-21(24-4)26-16-19-8-7-9-20(27-19)29(5)6;/h7-13H,14-16H2,1-6H3,(H,28,30)(H2,24,25,26);1H. The Kier molecular flexibility index (Phi) is 11.2. The summed E-state index contributed by atoms with van der Waals surface area (Å²) in [6.07, 6.45) is 0.365. The summed E-state index contributed by atoms with van der Waals surface area (Å²) in [4.78, 5) is 22.7. The molecule has 0 aliphatic rings. The summed E-state index contributed by atoms with van der Waals surface area (Å²) in [6, 6.07) is 13.7. The van der Waals surface area contributed by atoms with Crippen LogP contribution in [0.3, 0.4) is 0 Å². The van der Waals surface area contributed by atoms with Gasteiger partial charge in [-0.3, -0.25) is 10.3 Å². The molecule has 0 aliphatic carbocycles. The normalized spacial score (nSPS) is 11.2. The summed E-state index contributed by atoms with van der Waals surface area (Å²) in [7, 11) is 5.69. The molecule has 9 heteroatoms. The number of benzene rings is 1. The van der Waals surface area contributed by atoms with Crippen LogP contribution in [-0.2, 0) is 17.7 Å². The molecular weight excluding hydrogens is 519 g/mol. The molecule has 2 aromatic rings. The minimum Gasteiger partial charge on any atom is -0.444 e. The van der Waals surface area contributed by atoms with E-state index in [0.717, 1.165) is 36.0 Å². The van der Waals surface area contributed by atoms with Gasteiger partial charge in [-0.15, -0.1) is 24.0 Å². The summed E-state index contributed by atoms with van der Waals surface area (Å²) in [5.41, 5.74) is 2.28. The number of halogens is 1. The number of pyridine rings is 1. The number of rotatable bonds is 7. The molecule has 0 unspecified atom stereocenters. The van der Waals surface area contributed by atoms with E-state index in [1.165, 1.54) is 0 Å². The van der Waals surface area contributed by atoms with Crippen LogP contribution in [-0.4, -0.2) is 50.3 Å². The molecule has 1 heterocycles. The Labute approximate surface area is 208 Å². The topological polar surface area (TPSA) is 90.9 Å². The maximum Gasteiger partial charge on any atom is 0.412 e. The van der Waals surface area contributed by atoms with Crippen molar-refractivity contribution in [3.63, 3.8) is 0 Å². The number of nitrogens with one attached hydrogen (secondary N) is 3. The smallest absolute Gasteiger partial charge is 0.412 e. The van der Waals surface area contributed by atoms with E-state index in [4.69, 9.17) is 4.74 Å². The van der Waals surface area contributed by atoms with Crippen LogP contribution in [0.5, 0.6) is 0 Å². The third-order valence-electron chi connectivity index (χ3n) is 4.22. The van der Waals surface area contributed by atoms with E-state index in [2.05, 4.69) is 25.9 Å². The lowest BCUT2D eigenvalue weighted by Gasteiger charge is -2.19. The van der Waals surface area contributed by atoms with Crippen LogP contribution in [0.1, 0.15) is 32.0 Å². The molecule has 176 valence electrons. The summed E-state index contributed by atoms with van der Waals surface area (Å²) in [5, 5.41) is 9.33. The van der Waals surface area contributed by atoms with Crippen LogP contribution in [0, 0.1) is 0 Å². The van der Waals surface area contributed by atoms with Crippen LogP contribution in [0.2, 0.25) is 0 Å². The number of aliphatic imine (C=N–C) groups is 1. The summed E-state index contributed by atoms with van der Waals surface area (Å²) < 4.78 is 5.26. The van der Waals surface area contributed by atoms with Gasteiger partial charge in [-0.1, -0.05) is 18.2 Å². The van der Waals surface area contributed by atoms with Gasteiger partial charge in [0.05, 0.1) is 12.2 Å². The fraction of sp³-hybridized carbons (Fsp3) is 0.435. The third kappa shape index (κ3) is 10.2. The largest absolute Gasteiger partial charge is 0.444 e. The Morgan fingerprint density at radius 3 is 2.38 bits per heavy atom. The van der Waals surface area contributed by atoms with Crippen LogP contribution in [0.25, 0.3) is 0 Å². The quantitative estimate of drug-likeness (QED) is 0.272. The summed E-state index contributed by atoms with van der Waals surface area (Å²) >= 11 is 0. The lowest BCUT2D eigenvalue weighted by atomic mass is 10.1. The van der Waals surface area contributed by atoms with Crippen LogP contribution < -0.4 is 20.9 Å². The monoisotopic (exact) mass is 554 g/mol. The molecule has 0 radical (unpaired) electrons. The molecular formula is C23H35IN6O2. The van der Waals surface area contributed by atoms with E-state index >= 15 is 0 Å². The number of aromatic nitrogens is 1. The van der Waals surface area contributed by atoms with E-state index in [0.29, 0.717) is 12.2 Å². The zero-order chi connectivity index (χ0) is 22.9. The molecule has 1 aromatic carbocycles. The third-order valence-corrected chi connectivity index (χ3v) is 4.22. The zero-order valence-electron chi connectivity index (χ0n) is 19.7. The molecule has 32 heavy (non-hydrogen) atoms. The summed E-state index contributed by atoms with van der Waals surface area (Å²) in [5.74, 6) is 1.65. The zero-order valence-corrected chi connectivity index (χ0v) is 22.1. The predicted octanol–water partition coefficient (Wildman–Crippen LogP) is 4.02. The Bertz CT molecular complexity index is 879. The number of hydrogen-bond acceptors (Lipinski definition) is 5.